The van der Waals surface area contributed by atoms with Crippen molar-refractivity contribution in [1.29, 1.82) is 0 Å². The molecule has 0 saturated heterocycles. The number of halogens is 1. The maximum absolute atomic E-state index is 13.0. The van der Waals surface area contributed by atoms with Gasteiger partial charge in [0.2, 0.25) is 11.2 Å². The third kappa shape index (κ3) is 4.77. The van der Waals surface area contributed by atoms with Gasteiger partial charge >= 0.3 is 0 Å². The zero-order valence-electron chi connectivity index (χ0n) is 16.6. The Labute approximate surface area is 171 Å². The molecule has 7 nitrogen and oxygen atoms in total. The maximum Gasteiger partial charge on any atom is 0.235 e. The molecule has 1 atom stereocenters. The van der Waals surface area contributed by atoms with E-state index in [2.05, 4.69) is 0 Å². The number of phenolic OH excluding ortho intramolecular Hbond substituents is 1. The number of carbonyl (C=O) groups excluding carboxylic acids is 1. The van der Waals surface area contributed by atoms with E-state index in [9.17, 15) is 24.2 Å². The van der Waals surface area contributed by atoms with E-state index in [1.54, 1.807) is 0 Å². The van der Waals surface area contributed by atoms with Crippen LogP contribution in [-0.2, 0) is 11.3 Å². The van der Waals surface area contributed by atoms with Gasteiger partial charge < -0.3 is 29.5 Å². The summed E-state index contributed by atoms with van der Waals surface area (Å²) in [5.41, 5.74) is -0.0299. The first kappa shape index (κ1) is 21.3. The molecule has 2 aromatic carbocycles. The maximum atomic E-state index is 13.0. The Morgan fingerprint density at radius 1 is 1.23 bits per heavy atom. The van der Waals surface area contributed by atoms with Gasteiger partial charge in [-0.2, -0.15) is 0 Å². The van der Waals surface area contributed by atoms with E-state index in [1.165, 1.54) is 41.7 Å². The number of carbonyl (C=O) groups is 1. The highest BCUT2D eigenvalue weighted by atomic mass is 19.1. The van der Waals surface area contributed by atoms with Gasteiger partial charge in [0.05, 0.1) is 16.9 Å². The predicted molar refractivity (Wildman–Crippen MR) is 105 cm³/mol. The lowest BCUT2D eigenvalue weighted by Gasteiger charge is -2.19. The molecule has 0 aliphatic carbocycles. The number of carboxylic acid groups (broad SMARTS) is 1. The fourth-order valence-corrected chi connectivity index (χ4v) is 3.18. The molecule has 0 spiro atoms. The van der Waals surface area contributed by atoms with E-state index in [0.29, 0.717) is 12.0 Å². The second kappa shape index (κ2) is 8.96. The van der Waals surface area contributed by atoms with Crippen LogP contribution in [-0.4, -0.2) is 17.1 Å². The van der Waals surface area contributed by atoms with Crippen molar-refractivity contribution in [3.8, 4) is 17.2 Å². The Kier molecular flexibility index (Phi) is 6.37. The number of benzene rings is 2. The highest BCUT2D eigenvalue weighted by Gasteiger charge is 2.20. The number of hydrogen-bond acceptors (Lipinski definition) is 6. The standard InChI is InChI=1S/C22H22FNO6/c1-12(2)9-17(22(27)28)24-10-16-18(25)8-7-15-20(26)19(11-29-21(15)16)30-14-5-3-13(23)4-6-14/h3-8,11-12,17,24-25H,9-10H2,1-2H3,(H,27,28)/t17-/m1/s1. The first-order chi connectivity index (χ1) is 14.3. The van der Waals surface area contributed by atoms with Crippen molar-refractivity contribution < 1.29 is 33.9 Å². The van der Waals surface area contributed by atoms with Crippen LogP contribution in [0.4, 0.5) is 4.39 Å². The largest absolute Gasteiger partial charge is 0.544 e. The second-order valence-electron chi connectivity index (χ2n) is 7.42. The molecule has 158 valence electrons. The van der Waals surface area contributed by atoms with Crippen LogP contribution in [0.15, 0.2) is 51.9 Å². The van der Waals surface area contributed by atoms with Crippen LogP contribution < -0.4 is 20.6 Å². The van der Waals surface area contributed by atoms with Crippen LogP contribution in [0.5, 0.6) is 17.2 Å². The third-order valence-corrected chi connectivity index (χ3v) is 4.66. The molecule has 3 N–H and O–H groups in total. The van der Waals surface area contributed by atoms with E-state index in [1.807, 2.05) is 13.8 Å². The van der Waals surface area contributed by atoms with Gasteiger partial charge in [-0.15, -0.1) is 0 Å². The van der Waals surface area contributed by atoms with Crippen LogP contribution in [0.1, 0.15) is 25.8 Å². The minimum absolute atomic E-state index is 0.0790. The van der Waals surface area contributed by atoms with E-state index >= 15 is 0 Å². The summed E-state index contributed by atoms with van der Waals surface area (Å²) in [7, 11) is 0. The number of aromatic hydroxyl groups is 1. The van der Waals surface area contributed by atoms with Crippen molar-refractivity contribution in [2.24, 2.45) is 5.92 Å². The van der Waals surface area contributed by atoms with Crippen molar-refractivity contribution in [2.45, 2.75) is 32.9 Å². The molecule has 0 radical (unpaired) electrons. The molecule has 0 unspecified atom stereocenters. The van der Waals surface area contributed by atoms with Gasteiger partial charge in [0.1, 0.15) is 36.2 Å². The molecule has 3 rings (SSSR count). The van der Waals surface area contributed by atoms with Crippen LogP contribution in [0.2, 0.25) is 0 Å². The molecule has 3 aromatic rings. The van der Waals surface area contributed by atoms with Crippen LogP contribution in [0, 0.1) is 11.7 Å². The molecule has 0 fully saturated rings. The Morgan fingerprint density at radius 2 is 1.93 bits per heavy atom. The average molecular weight is 415 g/mol. The van der Waals surface area contributed by atoms with Crippen LogP contribution in [0.3, 0.4) is 0 Å². The number of nitrogens with two attached hydrogens (primary N) is 1. The minimum atomic E-state index is -1.19. The SMILES string of the molecule is CC(C)C[C@@H]([NH2+]Cc1c(O)ccc2c(=O)c(Oc3ccc(F)cc3)coc12)C(=O)[O-]. The summed E-state index contributed by atoms with van der Waals surface area (Å²) in [6, 6.07) is 7.12. The molecule has 8 heteroatoms. The molecule has 0 aliphatic heterocycles. The topological polar surface area (TPSA) is 116 Å². The fourth-order valence-electron chi connectivity index (χ4n) is 3.18. The number of carboxylic acids is 1. The summed E-state index contributed by atoms with van der Waals surface area (Å²) in [6.45, 7) is 3.89. The summed E-state index contributed by atoms with van der Waals surface area (Å²) >= 11 is 0. The van der Waals surface area contributed by atoms with Gasteiger partial charge in [0, 0.05) is 6.42 Å². The minimum Gasteiger partial charge on any atom is -0.544 e. The fraction of sp³-hybridized carbons (Fsp3) is 0.273. The van der Waals surface area contributed by atoms with Gasteiger partial charge in [-0.1, -0.05) is 13.8 Å². The average Bonchev–Trinajstić information content (AvgIpc) is 2.69. The molecule has 0 amide bonds. The van der Waals surface area contributed by atoms with Crippen molar-refractivity contribution in [3.05, 3.63) is 64.3 Å². The predicted octanol–water partition coefficient (Wildman–Crippen LogP) is 1.66. The molecular formula is C22H22FNO6. The number of quaternary nitrogens is 1. The lowest BCUT2D eigenvalue weighted by Crippen LogP contribution is -2.91. The van der Waals surface area contributed by atoms with Gasteiger partial charge in [-0.25, -0.2) is 4.39 Å². The van der Waals surface area contributed by atoms with Crippen molar-refractivity contribution in [1.82, 2.24) is 0 Å². The molecule has 1 aromatic heterocycles. The van der Waals surface area contributed by atoms with Gasteiger partial charge in [0.15, 0.2) is 5.58 Å². The number of hydrogen-bond donors (Lipinski definition) is 2. The number of ether oxygens (including phenoxy) is 1. The third-order valence-electron chi connectivity index (χ3n) is 4.66. The Bertz CT molecular complexity index is 1110. The van der Waals surface area contributed by atoms with E-state index in [4.69, 9.17) is 9.15 Å². The van der Waals surface area contributed by atoms with Crippen molar-refractivity contribution in [3.63, 3.8) is 0 Å². The Morgan fingerprint density at radius 3 is 2.57 bits per heavy atom. The first-order valence-corrected chi connectivity index (χ1v) is 9.50. The highest BCUT2D eigenvalue weighted by molar-refractivity contribution is 5.82. The number of fused-ring (bicyclic) bond motifs is 1. The first-order valence-electron chi connectivity index (χ1n) is 9.50. The lowest BCUT2D eigenvalue weighted by molar-refractivity contribution is -0.699. The van der Waals surface area contributed by atoms with Gasteiger partial charge in [-0.05, 0) is 42.3 Å². The molecule has 0 bridgehead atoms. The second-order valence-corrected chi connectivity index (χ2v) is 7.42. The summed E-state index contributed by atoms with van der Waals surface area (Å²) in [5.74, 6) is -1.43. The molecular weight excluding hydrogens is 393 g/mol. The highest BCUT2D eigenvalue weighted by Crippen LogP contribution is 2.28. The van der Waals surface area contributed by atoms with Gasteiger partial charge in [0.25, 0.3) is 0 Å². The number of aliphatic carboxylic acids is 1. The summed E-state index contributed by atoms with van der Waals surface area (Å²) in [6.07, 6.45) is 1.51. The van der Waals surface area contributed by atoms with Crippen molar-refractivity contribution >= 4 is 16.9 Å². The molecule has 0 aliphatic rings. The molecule has 30 heavy (non-hydrogen) atoms. The molecule has 0 saturated carbocycles. The van der Waals surface area contributed by atoms with Crippen LogP contribution in [0.25, 0.3) is 11.0 Å². The lowest BCUT2D eigenvalue weighted by atomic mass is 10.0. The normalized spacial score (nSPS) is 12.3. The molecule has 1 heterocycles. The van der Waals surface area contributed by atoms with E-state index < -0.39 is 23.3 Å². The van der Waals surface area contributed by atoms with Crippen molar-refractivity contribution in [2.75, 3.05) is 0 Å². The smallest absolute Gasteiger partial charge is 0.235 e. The van der Waals surface area contributed by atoms with Crippen LogP contribution >= 0.6 is 0 Å². The zero-order chi connectivity index (χ0) is 21.8. The summed E-state index contributed by atoms with van der Waals surface area (Å²) < 4.78 is 24.1. The number of rotatable bonds is 8. The Hall–Kier alpha value is -3.39. The van der Waals surface area contributed by atoms with E-state index in [0.717, 1.165) is 6.26 Å². The number of phenols is 1. The summed E-state index contributed by atoms with van der Waals surface area (Å²) in [5, 5.41) is 23.3. The monoisotopic (exact) mass is 415 g/mol. The summed E-state index contributed by atoms with van der Waals surface area (Å²) in [4.78, 5) is 24.2. The zero-order valence-corrected chi connectivity index (χ0v) is 16.6. The Balaban J connectivity index is 1.91. The van der Waals surface area contributed by atoms with E-state index in [-0.39, 0.29) is 40.7 Å². The quantitative estimate of drug-likeness (QED) is 0.578. The van der Waals surface area contributed by atoms with Gasteiger partial charge in [-0.3, -0.25) is 4.79 Å².